The molecule has 126 valence electrons. The summed E-state index contributed by atoms with van der Waals surface area (Å²) in [6.07, 6.45) is 2.09. The highest BCUT2D eigenvalue weighted by Crippen LogP contribution is 2.35. The van der Waals surface area contributed by atoms with Crippen molar-refractivity contribution in [3.05, 3.63) is 71.9 Å². The van der Waals surface area contributed by atoms with Crippen molar-refractivity contribution in [1.82, 2.24) is 4.98 Å². The highest BCUT2D eigenvalue weighted by Gasteiger charge is 2.22. The number of rotatable bonds is 1. The second kappa shape index (κ2) is 5.40. The molecule has 0 radical (unpaired) electrons. The zero-order valence-corrected chi connectivity index (χ0v) is 15.1. The van der Waals surface area contributed by atoms with Crippen molar-refractivity contribution in [2.24, 2.45) is 7.05 Å². The Labute approximate surface area is 151 Å². The SMILES string of the molecule is Cc1ccc(-c2c3oc4cc5ccccc5nc4c3cc[n+]2C)c(C)c1. The highest BCUT2D eigenvalue weighted by atomic mass is 16.3. The fraction of sp³-hybridized carbons (Fsp3) is 0.130. The van der Waals surface area contributed by atoms with Gasteiger partial charge in [-0.2, -0.15) is 4.57 Å². The van der Waals surface area contributed by atoms with Gasteiger partial charge in [0.1, 0.15) is 12.6 Å². The van der Waals surface area contributed by atoms with Gasteiger partial charge in [0.05, 0.1) is 16.5 Å². The molecule has 0 unspecified atom stereocenters. The lowest BCUT2D eigenvalue weighted by Gasteiger charge is -2.05. The van der Waals surface area contributed by atoms with Crippen LogP contribution in [0, 0.1) is 13.8 Å². The summed E-state index contributed by atoms with van der Waals surface area (Å²) in [5, 5.41) is 2.15. The molecular weight excluding hydrogens is 320 g/mol. The summed E-state index contributed by atoms with van der Waals surface area (Å²) in [5.41, 5.74) is 8.41. The summed E-state index contributed by atoms with van der Waals surface area (Å²) in [7, 11) is 2.06. The molecule has 0 amide bonds. The van der Waals surface area contributed by atoms with E-state index in [2.05, 4.69) is 68.1 Å². The Morgan fingerprint density at radius 1 is 0.962 bits per heavy atom. The number of aryl methyl sites for hydroxylation is 3. The van der Waals surface area contributed by atoms with Crippen LogP contribution in [-0.4, -0.2) is 4.98 Å². The molecule has 3 heterocycles. The molecule has 3 nitrogen and oxygen atoms in total. The standard InChI is InChI=1S/C23H19N2O/c1-14-8-9-17(15(2)12-14)22-23-18(10-11-25(22)3)21-20(26-23)13-16-6-4-5-7-19(16)24-21/h4-13H,1-3H3/q+1. The predicted octanol–water partition coefficient (Wildman–Crippen LogP) is 5.24. The maximum absolute atomic E-state index is 6.33. The van der Waals surface area contributed by atoms with E-state index in [-0.39, 0.29) is 0 Å². The first kappa shape index (κ1) is 15.1. The molecule has 2 aromatic carbocycles. The van der Waals surface area contributed by atoms with Crippen LogP contribution in [0.25, 0.3) is 44.2 Å². The van der Waals surface area contributed by atoms with E-state index < -0.39 is 0 Å². The van der Waals surface area contributed by atoms with Gasteiger partial charge in [-0.25, -0.2) is 4.98 Å². The Bertz CT molecular complexity index is 1310. The maximum Gasteiger partial charge on any atom is 0.256 e. The van der Waals surface area contributed by atoms with Crippen LogP contribution in [0.15, 0.2) is 65.2 Å². The van der Waals surface area contributed by atoms with Gasteiger partial charge in [-0.05, 0) is 37.6 Å². The predicted molar refractivity (Wildman–Crippen MR) is 105 cm³/mol. The lowest BCUT2D eigenvalue weighted by Crippen LogP contribution is -2.30. The number of para-hydroxylation sites is 1. The van der Waals surface area contributed by atoms with Crippen LogP contribution in [0.3, 0.4) is 0 Å². The van der Waals surface area contributed by atoms with Crippen molar-refractivity contribution >= 4 is 33.0 Å². The van der Waals surface area contributed by atoms with Crippen LogP contribution in [0.1, 0.15) is 11.1 Å². The molecule has 0 saturated heterocycles. The topological polar surface area (TPSA) is 29.9 Å². The highest BCUT2D eigenvalue weighted by molar-refractivity contribution is 6.08. The minimum absolute atomic E-state index is 0.830. The molecule has 5 aromatic rings. The zero-order valence-electron chi connectivity index (χ0n) is 15.1. The van der Waals surface area contributed by atoms with Crippen molar-refractivity contribution in [2.45, 2.75) is 13.8 Å². The average Bonchev–Trinajstić information content (AvgIpc) is 2.98. The van der Waals surface area contributed by atoms with Crippen LogP contribution in [0.2, 0.25) is 0 Å². The van der Waals surface area contributed by atoms with Crippen molar-refractivity contribution in [1.29, 1.82) is 0 Å². The molecule has 0 spiro atoms. The fourth-order valence-electron chi connectivity index (χ4n) is 3.78. The number of pyridine rings is 2. The molecule has 0 bridgehead atoms. The van der Waals surface area contributed by atoms with E-state index in [1.54, 1.807) is 0 Å². The molecule has 0 aliphatic carbocycles. The Kier molecular flexibility index (Phi) is 3.13. The first-order valence-corrected chi connectivity index (χ1v) is 8.80. The quantitative estimate of drug-likeness (QED) is 0.391. The maximum atomic E-state index is 6.33. The van der Waals surface area contributed by atoms with E-state index >= 15 is 0 Å². The van der Waals surface area contributed by atoms with Gasteiger partial charge in [-0.3, -0.25) is 0 Å². The fourth-order valence-corrected chi connectivity index (χ4v) is 3.78. The van der Waals surface area contributed by atoms with E-state index in [4.69, 9.17) is 9.40 Å². The minimum Gasteiger partial charge on any atom is -0.447 e. The average molecular weight is 339 g/mol. The number of hydrogen-bond acceptors (Lipinski definition) is 2. The normalized spacial score (nSPS) is 11.7. The van der Waals surface area contributed by atoms with Gasteiger partial charge >= 0.3 is 0 Å². The number of nitrogens with zero attached hydrogens (tertiary/aromatic N) is 2. The summed E-state index contributed by atoms with van der Waals surface area (Å²) in [6, 6.07) is 18.9. The number of benzene rings is 2. The Hall–Kier alpha value is -3.20. The van der Waals surface area contributed by atoms with Crippen molar-refractivity contribution in [3.63, 3.8) is 0 Å². The Balaban J connectivity index is 1.91. The Morgan fingerprint density at radius 3 is 2.65 bits per heavy atom. The van der Waals surface area contributed by atoms with Crippen LogP contribution in [-0.2, 0) is 7.05 Å². The van der Waals surface area contributed by atoms with Crippen LogP contribution in [0.5, 0.6) is 0 Å². The molecule has 0 aliphatic heterocycles. The molecule has 0 atom stereocenters. The molecule has 3 aromatic heterocycles. The number of fused-ring (bicyclic) bond motifs is 4. The summed E-state index contributed by atoms with van der Waals surface area (Å²) < 4.78 is 8.46. The first-order chi connectivity index (χ1) is 12.6. The first-order valence-electron chi connectivity index (χ1n) is 8.80. The lowest BCUT2D eigenvalue weighted by atomic mass is 10.0. The summed E-state index contributed by atoms with van der Waals surface area (Å²) in [6.45, 7) is 4.27. The molecule has 26 heavy (non-hydrogen) atoms. The second-order valence-corrected chi connectivity index (χ2v) is 6.97. The summed E-state index contributed by atoms with van der Waals surface area (Å²) in [5.74, 6) is 0. The molecule has 0 fully saturated rings. The molecule has 3 heteroatoms. The minimum atomic E-state index is 0.830. The van der Waals surface area contributed by atoms with E-state index in [0.29, 0.717) is 0 Å². The summed E-state index contributed by atoms with van der Waals surface area (Å²) in [4.78, 5) is 4.86. The van der Waals surface area contributed by atoms with Gasteiger partial charge in [0, 0.05) is 11.5 Å². The third-order valence-electron chi connectivity index (χ3n) is 5.07. The largest absolute Gasteiger partial charge is 0.447 e. The number of furan rings is 1. The van der Waals surface area contributed by atoms with Crippen molar-refractivity contribution < 1.29 is 8.98 Å². The van der Waals surface area contributed by atoms with E-state index in [1.807, 2.05) is 18.2 Å². The lowest BCUT2D eigenvalue weighted by molar-refractivity contribution is -0.659. The molecular formula is C23H19N2O+. The van der Waals surface area contributed by atoms with Gasteiger partial charge in [-0.15, -0.1) is 0 Å². The van der Waals surface area contributed by atoms with Gasteiger partial charge in [0.15, 0.2) is 11.8 Å². The molecule has 0 N–H and O–H groups in total. The smallest absolute Gasteiger partial charge is 0.256 e. The molecule has 0 saturated carbocycles. The van der Waals surface area contributed by atoms with Gasteiger partial charge in [0.2, 0.25) is 5.58 Å². The van der Waals surface area contributed by atoms with Gasteiger partial charge in [0.25, 0.3) is 5.69 Å². The second-order valence-electron chi connectivity index (χ2n) is 6.97. The third kappa shape index (κ3) is 2.14. The van der Waals surface area contributed by atoms with Crippen LogP contribution < -0.4 is 4.57 Å². The van der Waals surface area contributed by atoms with Crippen LogP contribution >= 0.6 is 0 Å². The summed E-state index contributed by atoms with van der Waals surface area (Å²) >= 11 is 0. The number of hydrogen-bond donors (Lipinski definition) is 0. The van der Waals surface area contributed by atoms with E-state index in [1.165, 1.54) is 16.7 Å². The number of aromatic nitrogens is 2. The van der Waals surface area contributed by atoms with Gasteiger partial charge < -0.3 is 4.42 Å². The molecule has 5 rings (SSSR count). The van der Waals surface area contributed by atoms with E-state index in [0.717, 1.165) is 38.7 Å². The van der Waals surface area contributed by atoms with Crippen molar-refractivity contribution in [3.8, 4) is 11.3 Å². The van der Waals surface area contributed by atoms with Crippen LogP contribution in [0.4, 0.5) is 0 Å². The monoisotopic (exact) mass is 339 g/mol. The Morgan fingerprint density at radius 2 is 1.81 bits per heavy atom. The third-order valence-corrected chi connectivity index (χ3v) is 5.07. The zero-order chi connectivity index (χ0) is 17.8. The molecule has 0 aliphatic rings. The van der Waals surface area contributed by atoms with Gasteiger partial charge in [-0.1, -0.05) is 35.9 Å². The van der Waals surface area contributed by atoms with Crippen molar-refractivity contribution in [2.75, 3.05) is 0 Å². The van der Waals surface area contributed by atoms with E-state index in [9.17, 15) is 0 Å².